The SMILES string of the molecule is COc1ccccc1N1C(=O)NC(=O)[C@H](/C=N\NC(=O)c2ccccc2O)C1=O. The number of anilines is 1. The molecule has 0 saturated carbocycles. The summed E-state index contributed by atoms with van der Waals surface area (Å²) in [6.45, 7) is 0. The first-order valence-corrected chi connectivity index (χ1v) is 8.37. The molecule has 0 spiro atoms. The van der Waals surface area contributed by atoms with Crippen molar-refractivity contribution in [3.8, 4) is 11.5 Å². The predicted molar refractivity (Wildman–Crippen MR) is 102 cm³/mol. The second kappa shape index (κ2) is 8.21. The molecule has 5 amide bonds. The van der Waals surface area contributed by atoms with Crippen molar-refractivity contribution in [2.24, 2.45) is 11.0 Å². The fraction of sp³-hybridized carbons (Fsp3) is 0.105. The van der Waals surface area contributed by atoms with Crippen LogP contribution in [0.4, 0.5) is 10.5 Å². The average Bonchev–Trinajstić information content (AvgIpc) is 2.70. The summed E-state index contributed by atoms with van der Waals surface area (Å²) in [6.07, 6.45) is 0.907. The third-order valence-electron chi connectivity index (χ3n) is 4.07. The van der Waals surface area contributed by atoms with Gasteiger partial charge in [-0.2, -0.15) is 5.10 Å². The fourth-order valence-corrected chi connectivity index (χ4v) is 2.66. The number of urea groups is 1. The van der Waals surface area contributed by atoms with E-state index >= 15 is 0 Å². The molecule has 3 N–H and O–H groups in total. The van der Waals surface area contributed by atoms with E-state index in [1.807, 2.05) is 0 Å². The number of imide groups is 2. The highest BCUT2D eigenvalue weighted by molar-refractivity contribution is 6.33. The van der Waals surface area contributed by atoms with Gasteiger partial charge in [-0.15, -0.1) is 0 Å². The number of hydrogen-bond donors (Lipinski definition) is 3. The number of amides is 5. The van der Waals surface area contributed by atoms with E-state index in [9.17, 15) is 24.3 Å². The monoisotopic (exact) mass is 396 g/mol. The summed E-state index contributed by atoms with van der Waals surface area (Å²) in [4.78, 5) is 49.9. The number of aromatic hydroxyl groups is 1. The summed E-state index contributed by atoms with van der Waals surface area (Å²) >= 11 is 0. The van der Waals surface area contributed by atoms with Gasteiger partial charge >= 0.3 is 6.03 Å². The molecule has 0 radical (unpaired) electrons. The Kier molecular flexibility index (Phi) is 5.54. The molecule has 0 bridgehead atoms. The summed E-state index contributed by atoms with van der Waals surface area (Å²) in [5, 5.41) is 15.4. The third-order valence-corrected chi connectivity index (χ3v) is 4.07. The molecule has 10 heteroatoms. The number of methoxy groups -OCH3 is 1. The quantitative estimate of drug-likeness (QED) is 0.392. The number of barbiturate groups is 1. The van der Waals surface area contributed by atoms with Gasteiger partial charge in [0.2, 0.25) is 5.91 Å². The molecular formula is C19H16N4O6. The van der Waals surface area contributed by atoms with Crippen molar-refractivity contribution in [3.63, 3.8) is 0 Å². The van der Waals surface area contributed by atoms with E-state index in [2.05, 4.69) is 15.8 Å². The Morgan fingerprint density at radius 3 is 2.59 bits per heavy atom. The molecule has 10 nitrogen and oxygen atoms in total. The van der Waals surface area contributed by atoms with Crippen LogP contribution < -0.4 is 20.4 Å². The molecule has 2 aromatic carbocycles. The number of phenolic OH excluding ortho intramolecular Hbond substituents is 1. The Hall–Kier alpha value is -4.21. The lowest BCUT2D eigenvalue weighted by atomic mass is 10.1. The molecule has 1 aliphatic heterocycles. The van der Waals surface area contributed by atoms with Gasteiger partial charge in [-0.3, -0.25) is 19.7 Å². The number of rotatable bonds is 5. The maximum atomic E-state index is 12.8. The van der Waals surface area contributed by atoms with Gasteiger partial charge in [0.15, 0.2) is 5.92 Å². The maximum Gasteiger partial charge on any atom is 0.335 e. The first kappa shape index (κ1) is 19.5. The zero-order valence-electron chi connectivity index (χ0n) is 15.2. The molecule has 148 valence electrons. The normalized spacial score (nSPS) is 16.7. The highest BCUT2D eigenvalue weighted by atomic mass is 16.5. The molecular weight excluding hydrogens is 380 g/mol. The van der Waals surface area contributed by atoms with Gasteiger partial charge in [-0.25, -0.2) is 15.1 Å². The van der Waals surface area contributed by atoms with Crippen LogP contribution in [0.15, 0.2) is 53.6 Å². The zero-order chi connectivity index (χ0) is 21.0. The maximum absolute atomic E-state index is 12.8. The standard InChI is InChI=1S/C19H16N4O6/c1-29-15-9-5-3-7-13(15)23-18(27)12(16(25)21-19(23)28)10-20-22-17(26)11-6-2-4-8-14(11)24/h2-10,12,24H,1H3,(H,22,26)(H,21,25,28)/b20-10-/t12-/m0/s1. The number of nitrogens with zero attached hydrogens (tertiary/aromatic N) is 2. The molecule has 0 aromatic heterocycles. The van der Waals surface area contributed by atoms with Crippen LogP contribution >= 0.6 is 0 Å². The van der Waals surface area contributed by atoms with Crippen molar-refractivity contribution in [1.82, 2.24) is 10.7 Å². The number of carbonyl (C=O) groups excluding carboxylic acids is 4. The summed E-state index contributed by atoms with van der Waals surface area (Å²) in [5.74, 6) is -3.92. The van der Waals surface area contributed by atoms with Crippen molar-refractivity contribution in [2.75, 3.05) is 12.0 Å². The minimum absolute atomic E-state index is 0.0325. The molecule has 1 fully saturated rings. The van der Waals surface area contributed by atoms with Crippen LogP contribution in [-0.4, -0.2) is 42.2 Å². The number of phenols is 1. The lowest BCUT2D eigenvalue weighted by molar-refractivity contribution is -0.131. The lowest BCUT2D eigenvalue weighted by Crippen LogP contribution is -2.58. The summed E-state index contributed by atoms with van der Waals surface area (Å²) in [7, 11) is 1.38. The summed E-state index contributed by atoms with van der Waals surface area (Å²) in [5.41, 5.74) is 2.25. The van der Waals surface area contributed by atoms with Gasteiger partial charge < -0.3 is 9.84 Å². The summed E-state index contributed by atoms with van der Waals surface area (Å²) < 4.78 is 5.16. The topological polar surface area (TPSA) is 137 Å². The second-order valence-electron chi connectivity index (χ2n) is 5.85. The number of ether oxygens (including phenoxy) is 1. The number of hydrazone groups is 1. The Morgan fingerprint density at radius 1 is 1.17 bits per heavy atom. The van der Waals surface area contributed by atoms with E-state index in [1.165, 1.54) is 25.3 Å². The van der Waals surface area contributed by atoms with Crippen LogP contribution in [-0.2, 0) is 9.59 Å². The zero-order valence-corrected chi connectivity index (χ0v) is 15.2. The minimum atomic E-state index is -1.46. The largest absolute Gasteiger partial charge is 0.507 e. The van der Waals surface area contributed by atoms with E-state index in [4.69, 9.17) is 4.74 Å². The van der Waals surface area contributed by atoms with Gasteiger partial charge in [0.25, 0.3) is 11.8 Å². The molecule has 1 heterocycles. The molecule has 2 aromatic rings. The van der Waals surface area contributed by atoms with Gasteiger partial charge in [0.1, 0.15) is 11.5 Å². The first-order valence-electron chi connectivity index (χ1n) is 8.37. The molecule has 1 atom stereocenters. The number of carbonyl (C=O) groups is 4. The highest BCUT2D eigenvalue weighted by Crippen LogP contribution is 2.30. The number of hydrogen-bond acceptors (Lipinski definition) is 7. The van der Waals surface area contributed by atoms with E-state index in [0.29, 0.717) is 0 Å². The Morgan fingerprint density at radius 2 is 1.86 bits per heavy atom. The fourth-order valence-electron chi connectivity index (χ4n) is 2.66. The number of nitrogens with one attached hydrogen (secondary N) is 2. The van der Waals surface area contributed by atoms with E-state index in [0.717, 1.165) is 11.1 Å². The highest BCUT2D eigenvalue weighted by Gasteiger charge is 2.41. The third kappa shape index (κ3) is 3.90. The van der Waals surface area contributed by atoms with E-state index in [1.54, 1.807) is 30.3 Å². The van der Waals surface area contributed by atoms with Crippen LogP contribution in [0.2, 0.25) is 0 Å². The van der Waals surface area contributed by atoms with Crippen molar-refractivity contribution >= 4 is 35.7 Å². The molecule has 1 aliphatic rings. The number of para-hydroxylation sites is 3. The van der Waals surface area contributed by atoms with Crippen LogP contribution in [0.3, 0.4) is 0 Å². The van der Waals surface area contributed by atoms with Crippen molar-refractivity contribution < 1.29 is 29.0 Å². The number of benzene rings is 2. The predicted octanol–water partition coefficient (Wildman–Crippen LogP) is 1.02. The van der Waals surface area contributed by atoms with Crippen LogP contribution in [0.5, 0.6) is 11.5 Å². The van der Waals surface area contributed by atoms with Crippen LogP contribution in [0.1, 0.15) is 10.4 Å². The van der Waals surface area contributed by atoms with E-state index in [-0.39, 0.29) is 22.7 Å². The molecule has 29 heavy (non-hydrogen) atoms. The molecule has 0 unspecified atom stereocenters. The summed E-state index contributed by atoms with van der Waals surface area (Å²) in [6, 6.07) is 11.2. The average molecular weight is 396 g/mol. The van der Waals surface area contributed by atoms with Gasteiger partial charge in [0, 0.05) is 6.21 Å². The van der Waals surface area contributed by atoms with Gasteiger partial charge in [-0.1, -0.05) is 24.3 Å². The van der Waals surface area contributed by atoms with Crippen molar-refractivity contribution in [2.45, 2.75) is 0 Å². The van der Waals surface area contributed by atoms with E-state index < -0.39 is 29.7 Å². The van der Waals surface area contributed by atoms with Gasteiger partial charge in [0.05, 0.1) is 18.4 Å². The Labute approximate surface area is 164 Å². The molecule has 0 aliphatic carbocycles. The molecule has 3 rings (SSSR count). The second-order valence-corrected chi connectivity index (χ2v) is 5.85. The van der Waals surface area contributed by atoms with Crippen molar-refractivity contribution in [3.05, 3.63) is 54.1 Å². The first-order chi connectivity index (χ1) is 13.9. The van der Waals surface area contributed by atoms with Crippen LogP contribution in [0.25, 0.3) is 0 Å². The Bertz CT molecular complexity index is 1020. The van der Waals surface area contributed by atoms with Crippen molar-refractivity contribution in [1.29, 1.82) is 0 Å². The van der Waals surface area contributed by atoms with Crippen LogP contribution in [0, 0.1) is 5.92 Å². The smallest absolute Gasteiger partial charge is 0.335 e. The molecule has 1 saturated heterocycles. The Balaban J connectivity index is 1.80. The van der Waals surface area contributed by atoms with Gasteiger partial charge in [-0.05, 0) is 24.3 Å². The lowest BCUT2D eigenvalue weighted by Gasteiger charge is -2.29. The minimum Gasteiger partial charge on any atom is -0.507 e.